The van der Waals surface area contributed by atoms with E-state index in [1.807, 2.05) is 16.3 Å². The van der Waals surface area contributed by atoms with Gasteiger partial charge in [-0.15, -0.1) is 4.83 Å². The van der Waals surface area contributed by atoms with Crippen LogP contribution < -0.4 is 10.3 Å². The van der Waals surface area contributed by atoms with Crippen LogP contribution in [-0.4, -0.2) is 20.1 Å². The fourth-order valence-electron chi connectivity index (χ4n) is 1.46. The van der Waals surface area contributed by atoms with Gasteiger partial charge in [0.25, 0.3) is 10.0 Å². The average Bonchev–Trinajstić information content (AvgIpc) is 2.27. The van der Waals surface area contributed by atoms with Crippen molar-refractivity contribution in [2.75, 3.05) is 0 Å². The minimum absolute atomic E-state index is 0.119. The second-order valence-electron chi connectivity index (χ2n) is 5.50. The summed E-state index contributed by atoms with van der Waals surface area (Å²) in [5, 5.41) is 0. The van der Waals surface area contributed by atoms with E-state index in [0.717, 1.165) is 5.56 Å². The van der Waals surface area contributed by atoms with E-state index >= 15 is 0 Å². The highest BCUT2D eigenvalue weighted by Gasteiger charge is 2.20. The molecule has 0 aliphatic rings. The average molecular weight is 300 g/mol. The van der Waals surface area contributed by atoms with E-state index in [2.05, 4.69) is 0 Å². The maximum absolute atomic E-state index is 12.1. The first-order chi connectivity index (χ1) is 9.01. The summed E-state index contributed by atoms with van der Waals surface area (Å²) < 4.78 is 29.1. The molecule has 112 valence electrons. The Morgan fingerprint density at radius 3 is 2.35 bits per heavy atom. The Hall–Kier alpha value is -1.60. The van der Waals surface area contributed by atoms with Crippen LogP contribution >= 0.6 is 0 Å². The van der Waals surface area contributed by atoms with E-state index in [-0.39, 0.29) is 4.90 Å². The van der Waals surface area contributed by atoms with Crippen molar-refractivity contribution in [3.05, 3.63) is 29.3 Å². The third-order valence-corrected chi connectivity index (χ3v) is 3.71. The molecule has 7 heteroatoms. The number of benzene rings is 1. The summed E-state index contributed by atoms with van der Waals surface area (Å²) in [6.07, 6.45) is -0.855. The minimum Gasteiger partial charge on any atom is -0.443 e. The molecule has 0 spiro atoms. The van der Waals surface area contributed by atoms with Crippen molar-refractivity contribution in [3.8, 4) is 0 Å². The second kappa shape index (κ2) is 5.80. The molecular weight excluding hydrogens is 280 g/mol. The lowest BCUT2D eigenvalue weighted by Crippen LogP contribution is -2.44. The minimum atomic E-state index is -3.83. The number of ether oxygens (including phenoxy) is 1. The summed E-state index contributed by atoms with van der Waals surface area (Å²) in [5.41, 5.74) is 2.73. The van der Waals surface area contributed by atoms with Crippen molar-refractivity contribution >= 4 is 16.1 Å². The number of carbonyl (C=O) groups is 1. The van der Waals surface area contributed by atoms with E-state index < -0.39 is 21.7 Å². The molecular formula is C13H20N2O4S. The third kappa shape index (κ3) is 4.82. The molecule has 0 heterocycles. The van der Waals surface area contributed by atoms with Gasteiger partial charge in [-0.05, 0) is 51.8 Å². The number of hydrazine groups is 1. The first kappa shape index (κ1) is 16.5. The molecule has 0 saturated heterocycles. The molecule has 0 aliphatic heterocycles. The first-order valence-electron chi connectivity index (χ1n) is 6.09. The second-order valence-corrected chi connectivity index (χ2v) is 7.15. The Kier molecular flexibility index (Phi) is 4.77. The van der Waals surface area contributed by atoms with Crippen LogP contribution in [0.25, 0.3) is 0 Å². The molecule has 6 nitrogen and oxygen atoms in total. The maximum atomic E-state index is 12.1. The largest absolute Gasteiger partial charge is 0.443 e. The molecule has 0 bridgehead atoms. The topological polar surface area (TPSA) is 84.5 Å². The summed E-state index contributed by atoms with van der Waals surface area (Å²) in [7, 11) is -3.83. The molecule has 0 aliphatic carbocycles. The Labute approximate surface area is 119 Å². The maximum Gasteiger partial charge on any atom is 0.423 e. The number of sulfonamides is 1. The van der Waals surface area contributed by atoms with E-state index in [4.69, 9.17) is 4.74 Å². The molecule has 1 rings (SSSR count). The standard InChI is InChI=1S/C13H20N2O4S/c1-9-6-7-10(2)11(8-9)20(17,18)15-14-12(16)19-13(3,4)5/h6-8,15H,1-5H3,(H,14,16). The van der Waals surface area contributed by atoms with Gasteiger partial charge in [-0.1, -0.05) is 12.1 Å². The highest BCUT2D eigenvalue weighted by Crippen LogP contribution is 2.16. The molecule has 0 aromatic heterocycles. The normalized spacial score (nSPS) is 12.1. The number of amides is 1. The van der Waals surface area contributed by atoms with Gasteiger partial charge >= 0.3 is 6.09 Å². The van der Waals surface area contributed by atoms with Crippen molar-refractivity contribution < 1.29 is 17.9 Å². The van der Waals surface area contributed by atoms with E-state index in [0.29, 0.717) is 5.56 Å². The molecule has 1 aromatic rings. The zero-order valence-electron chi connectivity index (χ0n) is 12.3. The summed E-state index contributed by atoms with van der Waals surface area (Å²) >= 11 is 0. The number of aryl methyl sites for hydroxylation is 2. The zero-order chi connectivity index (χ0) is 15.6. The van der Waals surface area contributed by atoms with Crippen LogP contribution in [0, 0.1) is 13.8 Å². The van der Waals surface area contributed by atoms with Crippen molar-refractivity contribution in [3.63, 3.8) is 0 Å². The number of hydrogen-bond donors (Lipinski definition) is 2. The van der Waals surface area contributed by atoms with Crippen LogP contribution in [0.15, 0.2) is 23.1 Å². The van der Waals surface area contributed by atoms with Crippen molar-refractivity contribution in [2.24, 2.45) is 0 Å². The number of nitrogens with one attached hydrogen (secondary N) is 2. The molecule has 0 atom stereocenters. The predicted octanol–water partition coefficient (Wildman–Crippen LogP) is 2.02. The Morgan fingerprint density at radius 1 is 1.20 bits per heavy atom. The van der Waals surface area contributed by atoms with Gasteiger partial charge in [0.1, 0.15) is 5.60 Å². The third-order valence-electron chi connectivity index (χ3n) is 2.32. The van der Waals surface area contributed by atoms with Gasteiger partial charge in [0.15, 0.2) is 0 Å². The van der Waals surface area contributed by atoms with Gasteiger partial charge in [-0.3, -0.25) is 0 Å². The summed E-state index contributed by atoms with van der Waals surface area (Å²) in [4.78, 5) is 13.6. The lowest BCUT2D eigenvalue weighted by molar-refractivity contribution is 0.0515. The Morgan fingerprint density at radius 2 is 1.80 bits per heavy atom. The van der Waals surface area contributed by atoms with Crippen molar-refractivity contribution in [1.29, 1.82) is 0 Å². The van der Waals surface area contributed by atoms with E-state index in [1.165, 1.54) is 6.07 Å². The van der Waals surface area contributed by atoms with E-state index in [9.17, 15) is 13.2 Å². The van der Waals surface area contributed by atoms with Gasteiger partial charge < -0.3 is 4.74 Å². The van der Waals surface area contributed by atoms with Crippen molar-refractivity contribution in [2.45, 2.75) is 45.1 Å². The first-order valence-corrected chi connectivity index (χ1v) is 7.58. The van der Waals surface area contributed by atoms with Crippen LogP contribution in [0.3, 0.4) is 0 Å². The van der Waals surface area contributed by atoms with Crippen LogP contribution in [0.1, 0.15) is 31.9 Å². The summed E-state index contributed by atoms with van der Waals surface area (Å²) in [6.45, 7) is 8.53. The summed E-state index contributed by atoms with van der Waals surface area (Å²) in [5.74, 6) is 0. The van der Waals surface area contributed by atoms with Gasteiger partial charge in [-0.25, -0.2) is 18.6 Å². The lowest BCUT2D eigenvalue weighted by atomic mass is 10.2. The summed E-state index contributed by atoms with van der Waals surface area (Å²) in [6, 6.07) is 5.06. The smallest absolute Gasteiger partial charge is 0.423 e. The molecule has 0 fully saturated rings. The highest BCUT2D eigenvalue weighted by molar-refractivity contribution is 7.89. The zero-order valence-corrected chi connectivity index (χ0v) is 13.1. The Bertz CT molecular complexity index is 603. The molecule has 1 amide bonds. The van der Waals surface area contributed by atoms with Crippen molar-refractivity contribution in [1.82, 2.24) is 10.3 Å². The van der Waals surface area contributed by atoms with Gasteiger partial charge in [0.2, 0.25) is 0 Å². The van der Waals surface area contributed by atoms with Gasteiger partial charge in [0.05, 0.1) is 4.90 Å². The molecule has 0 radical (unpaired) electrons. The van der Waals surface area contributed by atoms with Crippen LogP contribution in [0.4, 0.5) is 4.79 Å². The monoisotopic (exact) mass is 300 g/mol. The lowest BCUT2D eigenvalue weighted by Gasteiger charge is -2.20. The SMILES string of the molecule is Cc1ccc(C)c(S(=O)(=O)NNC(=O)OC(C)(C)C)c1. The van der Waals surface area contributed by atoms with E-state index in [1.54, 1.807) is 40.7 Å². The quantitative estimate of drug-likeness (QED) is 0.836. The van der Waals surface area contributed by atoms with Crippen LogP contribution in [-0.2, 0) is 14.8 Å². The molecule has 0 saturated carbocycles. The predicted molar refractivity (Wildman–Crippen MR) is 75.6 cm³/mol. The van der Waals surface area contributed by atoms with Crippen LogP contribution in [0.5, 0.6) is 0 Å². The van der Waals surface area contributed by atoms with Gasteiger partial charge in [0, 0.05) is 0 Å². The van der Waals surface area contributed by atoms with Crippen LogP contribution in [0.2, 0.25) is 0 Å². The fraction of sp³-hybridized carbons (Fsp3) is 0.462. The number of rotatable bonds is 3. The number of carbonyl (C=O) groups excluding carboxylic acids is 1. The molecule has 20 heavy (non-hydrogen) atoms. The highest BCUT2D eigenvalue weighted by atomic mass is 32.2. The van der Waals surface area contributed by atoms with Gasteiger partial charge in [-0.2, -0.15) is 0 Å². The molecule has 1 aromatic carbocycles. The fourth-order valence-corrected chi connectivity index (χ4v) is 2.62. The molecule has 2 N–H and O–H groups in total. The Balaban J connectivity index is 2.81. The molecule has 0 unspecified atom stereocenters. The number of hydrogen-bond acceptors (Lipinski definition) is 4.